The highest BCUT2D eigenvalue weighted by Gasteiger charge is 2.31. The molecule has 1 unspecified atom stereocenters. The zero-order valence-corrected chi connectivity index (χ0v) is 15.1. The molecule has 0 spiro atoms. The summed E-state index contributed by atoms with van der Waals surface area (Å²) in [5.74, 6) is -0.652. The first-order valence-corrected chi connectivity index (χ1v) is 8.67. The van der Waals surface area contributed by atoms with E-state index in [4.69, 9.17) is 27.9 Å². The molecular weight excluding hydrogens is 391 g/mol. The van der Waals surface area contributed by atoms with Gasteiger partial charge in [-0.1, -0.05) is 41.4 Å². The van der Waals surface area contributed by atoms with E-state index in [2.05, 4.69) is 0 Å². The molecule has 1 aliphatic carbocycles. The van der Waals surface area contributed by atoms with E-state index < -0.39 is 12.1 Å². The third-order valence-corrected chi connectivity index (χ3v) is 5.01. The van der Waals surface area contributed by atoms with Gasteiger partial charge in [-0.05, 0) is 29.8 Å². The van der Waals surface area contributed by atoms with Crippen molar-refractivity contribution in [2.45, 2.75) is 6.10 Å². The predicted octanol–water partition coefficient (Wildman–Crippen LogP) is 4.32. The third-order valence-electron chi connectivity index (χ3n) is 4.37. The third kappa shape index (κ3) is 2.90. The fourth-order valence-electron chi connectivity index (χ4n) is 3.16. The summed E-state index contributed by atoms with van der Waals surface area (Å²) >= 11 is 12.2. The Morgan fingerprint density at radius 2 is 1.85 bits per heavy atom. The van der Waals surface area contributed by atoms with Crippen LogP contribution in [-0.2, 0) is 0 Å². The molecule has 2 aromatic rings. The van der Waals surface area contributed by atoms with E-state index in [0.29, 0.717) is 33.8 Å². The van der Waals surface area contributed by atoms with Gasteiger partial charge < -0.3 is 20.1 Å². The summed E-state index contributed by atoms with van der Waals surface area (Å²) in [6.07, 6.45) is 1.93. The highest BCUT2D eigenvalue weighted by Crippen LogP contribution is 2.47. The monoisotopic (exact) mass is 402 g/mol. The van der Waals surface area contributed by atoms with E-state index in [1.54, 1.807) is 24.3 Å². The molecule has 2 aliphatic rings. The number of phenols is 1. The number of fused-ring (bicyclic) bond motifs is 2. The summed E-state index contributed by atoms with van der Waals surface area (Å²) in [5, 5.41) is 29.9. The second kappa shape index (κ2) is 6.46. The lowest BCUT2D eigenvalue weighted by molar-refractivity contribution is 0.0696. The van der Waals surface area contributed by atoms with Crippen LogP contribution in [0.2, 0.25) is 5.02 Å². The van der Waals surface area contributed by atoms with Crippen LogP contribution in [0.4, 0.5) is 0 Å². The predicted molar refractivity (Wildman–Crippen MR) is 101 cm³/mol. The lowest BCUT2D eigenvalue weighted by Gasteiger charge is -2.29. The molecule has 4 rings (SSSR count). The molecule has 27 heavy (non-hydrogen) atoms. The summed E-state index contributed by atoms with van der Waals surface area (Å²) in [6.45, 7) is 0. The number of carboxylic acid groups (broad SMARTS) is 1. The molecule has 1 atom stereocenters. The van der Waals surface area contributed by atoms with Crippen LogP contribution in [0.15, 0.2) is 64.9 Å². The number of hydrogen-bond acceptors (Lipinski definition) is 4. The molecule has 1 aliphatic heterocycles. The Morgan fingerprint density at radius 1 is 1.11 bits per heavy atom. The zero-order valence-electron chi connectivity index (χ0n) is 13.6. The minimum absolute atomic E-state index is 0.0899. The number of rotatable bonds is 2. The van der Waals surface area contributed by atoms with Gasteiger partial charge in [0.05, 0.1) is 15.6 Å². The van der Waals surface area contributed by atoms with Crippen molar-refractivity contribution in [3.8, 4) is 11.5 Å². The van der Waals surface area contributed by atoms with Crippen LogP contribution in [0.1, 0.15) is 21.5 Å². The molecule has 1 heterocycles. The molecule has 5 nitrogen and oxygen atoms in total. The Balaban J connectivity index is 2.10. The van der Waals surface area contributed by atoms with Crippen molar-refractivity contribution in [1.82, 2.24) is 0 Å². The van der Waals surface area contributed by atoms with Gasteiger partial charge in [0, 0.05) is 22.8 Å². The summed E-state index contributed by atoms with van der Waals surface area (Å²) in [7, 11) is 0. The van der Waals surface area contributed by atoms with Crippen molar-refractivity contribution < 1.29 is 24.9 Å². The quantitative estimate of drug-likeness (QED) is 0.696. The fourth-order valence-corrected chi connectivity index (χ4v) is 3.49. The molecule has 0 saturated heterocycles. The second-order valence-corrected chi connectivity index (χ2v) is 6.89. The molecule has 0 amide bonds. The van der Waals surface area contributed by atoms with E-state index >= 15 is 0 Å². The SMILES string of the molecule is O=C(O)c1ccccc1C1=C2C=C(Cl)C(O)C=C2Oc2cc(O)c(Cl)cc21. The van der Waals surface area contributed by atoms with Gasteiger partial charge in [-0.15, -0.1) is 0 Å². The minimum Gasteiger partial charge on any atom is -0.506 e. The number of aliphatic hydroxyl groups is 1. The van der Waals surface area contributed by atoms with Crippen molar-refractivity contribution >= 4 is 34.7 Å². The van der Waals surface area contributed by atoms with E-state index in [1.165, 1.54) is 24.3 Å². The van der Waals surface area contributed by atoms with Crippen LogP contribution in [0, 0.1) is 0 Å². The van der Waals surface area contributed by atoms with Gasteiger partial charge in [0.2, 0.25) is 0 Å². The second-order valence-electron chi connectivity index (χ2n) is 6.05. The van der Waals surface area contributed by atoms with Gasteiger partial charge in [-0.2, -0.15) is 0 Å². The number of halogens is 2. The van der Waals surface area contributed by atoms with Gasteiger partial charge in [0.1, 0.15) is 23.4 Å². The number of carboxylic acids is 1. The molecule has 3 N–H and O–H groups in total. The average Bonchev–Trinajstić information content (AvgIpc) is 2.63. The Labute approximate surface area is 164 Å². The lowest BCUT2D eigenvalue weighted by atomic mass is 9.85. The number of aromatic carboxylic acids is 1. The molecule has 0 saturated carbocycles. The number of hydrogen-bond donors (Lipinski definition) is 3. The van der Waals surface area contributed by atoms with Crippen LogP contribution in [0.25, 0.3) is 5.57 Å². The smallest absolute Gasteiger partial charge is 0.336 e. The van der Waals surface area contributed by atoms with Crippen LogP contribution < -0.4 is 4.74 Å². The van der Waals surface area contributed by atoms with Gasteiger partial charge in [0.25, 0.3) is 0 Å². The maximum atomic E-state index is 11.8. The Bertz CT molecular complexity index is 1080. The van der Waals surface area contributed by atoms with Crippen LogP contribution >= 0.6 is 23.2 Å². The van der Waals surface area contributed by atoms with Gasteiger partial charge in [-0.25, -0.2) is 4.79 Å². The zero-order chi connectivity index (χ0) is 19.3. The van der Waals surface area contributed by atoms with Crippen LogP contribution in [0.5, 0.6) is 11.5 Å². The number of allylic oxidation sites excluding steroid dienone is 1. The van der Waals surface area contributed by atoms with Crippen LogP contribution in [0.3, 0.4) is 0 Å². The highest BCUT2D eigenvalue weighted by atomic mass is 35.5. The fraction of sp³-hybridized carbons (Fsp3) is 0.0500. The summed E-state index contributed by atoms with van der Waals surface area (Å²) in [6, 6.07) is 9.38. The molecule has 0 fully saturated rings. The van der Waals surface area contributed by atoms with Crippen molar-refractivity contribution in [2.24, 2.45) is 0 Å². The van der Waals surface area contributed by atoms with Crippen molar-refractivity contribution in [3.05, 3.63) is 86.6 Å². The molecule has 0 bridgehead atoms. The number of aliphatic hydroxyl groups excluding tert-OH is 1. The normalized spacial score (nSPS) is 18.1. The minimum atomic E-state index is -1.09. The van der Waals surface area contributed by atoms with Gasteiger partial charge in [0.15, 0.2) is 0 Å². The largest absolute Gasteiger partial charge is 0.506 e. The first-order valence-electron chi connectivity index (χ1n) is 7.92. The van der Waals surface area contributed by atoms with E-state index in [1.807, 2.05) is 0 Å². The van der Waals surface area contributed by atoms with Gasteiger partial charge >= 0.3 is 5.97 Å². The Morgan fingerprint density at radius 3 is 2.59 bits per heavy atom. The number of ether oxygens (including phenoxy) is 1. The maximum Gasteiger partial charge on any atom is 0.336 e. The highest BCUT2D eigenvalue weighted by molar-refractivity contribution is 6.32. The van der Waals surface area contributed by atoms with Crippen molar-refractivity contribution in [2.75, 3.05) is 0 Å². The van der Waals surface area contributed by atoms with Crippen molar-refractivity contribution in [3.63, 3.8) is 0 Å². The number of phenolic OH excluding ortho intramolecular Hbond substituents is 1. The lowest BCUT2D eigenvalue weighted by Crippen LogP contribution is -2.18. The molecular formula is C20H12Cl2O5. The number of aromatic hydroxyl groups is 1. The van der Waals surface area contributed by atoms with Crippen molar-refractivity contribution in [1.29, 1.82) is 0 Å². The first-order chi connectivity index (χ1) is 12.9. The van der Waals surface area contributed by atoms with E-state index in [0.717, 1.165) is 0 Å². The molecule has 136 valence electrons. The standard InChI is InChI=1S/C20H12Cl2O5/c21-13-5-11-17(7-15(13)23)27-18-8-16(24)14(22)6-12(18)19(11)9-3-1-2-4-10(9)20(25)26/h1-8,15,23-24H,(H,25,26). The molecule has 0 aromatic heterocycles. The molecule has 7 heteroatoms. The van der Waals surface area contributed by atoms with E-state index in [9.17, 15) is 20.1 Å². The number of benzene rings is 2. The average molecular weight is 403 g/mol. The number of carbonyl (C=O) groups is 1. The molecule has 2 aromatic carbocycles. The summed E-state index contributed by atoms with van der Waals surface area (Å²) < 4.78 is 5.82. The van der Waals surface area contributed by atoms with Crippen LogP contribution in [-0.4, -0.2) is 27.4 Å². The Hall–Kier alpha value is -2.73. The topological polar surface area (TPSA) is 87.0 Å². The Kier molecular flexibility index (Phi) is 4.23. The first kappa shape index (κ1) is 17.7. The maximum absolute atomic E-state index is 11.8. The summed E-state index contributed by atoms with van der Waals surface area (Å²) in [5.41, 5.74) is 2.10. The molecule has 0 radical (unpaired) electrons. The van der Waals surface area contributed by atoms with Gasteiger partial charge in [-0.3, -0.25) is 0 Å². The summed E-state index contributed by atoms with van der Waals surface area (Å²) in [4.78, 5) is 11.8. The van der Waals surface area contributed by atoms with E-state index in [-0.39, 0.29) is 21.4 Å².